The van der Waals surface area contributed by atoms with E-state index in [0.29, 0.717) is 17.6 Å². The highest BCUT2D eigenvalue weighted by Crippen LogP contribution is 2.45. The number of allylic oxidation sites excluding steroid dienone is 4. The molecule has 0 aromatic carbocycles. The zero-order valence-corrected chi connectivity index (χ0v) is 12.4. The van der Waals surface area contributed by atoms with Crippen molar-refractivity contribution < 1.29 is 19.1 Å². The van der Waals surface area contributed by atoms with Gasteiger partial charge in [0.25, 0.3) is 11.8 Å². The van der Waals surface area contributed by atoms with Gasteiger partial charge in [-0.25, -0.2) is 0 Å². The van der Waals surface area contributed by atoms with E-state index in [1.165, 1.54) is 11.8 Å². The number of likely N-dealkylation sites (tertiary alicyclic amines) is 1. The number of ether oxygens (including phenoxy) is 1. The lowest BCUT2D eigenvalue weighted by atomic mass is 9.91. The van der Waals surface area contributed by atoms with Crippen molar-refractivity contribution in [1.82, 2.24) is 4.90 Å². The second kappa shape index (κ2) is 4.66. The molecule has 2 unspecified atom stereocenters. The maximum atomic E-state index is 12.7. The molecule has 5 heteroatoms. The van der Waals surface area contributed by atoms with E-state index < -0.39 is 0 Å². The quantitative estimate of drug-likeness (QED) is 0.576. The number of esters is 1. The predicted octanol–water partition coefficient (Wildman–Crippen LogP) is 1.80. The SMILES string of the molecule is CC(=O)OC1CCCC(N2C(=O)C3=C4C=CC(=C3C2=O)C4)C1. The van der Waals surface area contributed by atoms with Crippen molar-refractivity contribution in [3.05, 3.63) is 34.4 Å². The Bertz CT molecular complexity index is 657. The van der Waals surface area contributed by atoms with Crippen LogP contribution < -0.4 is 0 Å². The van der Waals surface area contributed by atoms with Crippen molar-refractivity contribution >= 4 is 17.8 Å². The van der Waals surface area contributed by atoms with Gasteiger partial charge < -0.3 is 4.74 Å². The molecule has 0 spiro atoms. The number of amides is 2. The molecule has 1 heterocycles. The van der Waals surface area contributed by atoms with Gasteiger partial charge in [-0.1, -0.05) is 12.2 Å². The third kappa shape index (κ3) is 1.81. The Morgan fingerprint density at radius 3 is 2.36 bits per heavy atom. The first-order valence-corrected chi connectivity index (χ1v) is 7.76. The predicted molar refractivity (Wildman–Crippen MR) is 77.5 cm³/mol. The maximum Gasteiger partial charge on any atom is 0.302 e. The van der Waals surface area contributed by atoms with Crippen molar-refractivity contribution in [2.24, 2.45) is 0 Å². The van der Waals surface area contributed by atoms with Crippen LogP contribution in [0.15, 0.2) is 34.4 Å². The highest BCUT2D eigenvalue weighted by Gasteiger charge is 2.49. The van der Waals surface area contributed by atoms with Crippen molar-refractivity contribution in [2.75, 3.05) is 0 Å². The Balaban J connectivity index is 1.60. The molecule has 1 aliphatic heterocycles. The number of carbonyl (C=O) groups is 3. The Hall–Kier alpha value is -2.17. The van der Waals surface area contributed by atoms with E-state index in [9.17, 15) is 14.4 Å². The Morgan fingerprint density at radius 1 is 1.14 bits per heavy atom. The summed E-state index contributed by atoms with van der Waals surface area (Å²) in [5, 5.41) is 0. The maximum absolute atomic E-state index is 12.7. The van der Waals surface area contributed by atoms with Gasteiger partial charge in [-0.2, -0.15) is 0 Å². The lowest BCUT2D eigenvalue weighted by Crippen LogP contribution is -2.44. The molecule has 0 aromatic heterocycles. The average molecular weight is 299 g/mol. The smallest absolute Gasteiger partial charge is 0.302 e. The number of imide groups is 1. The minimum atomic E-state index is -0.307. The highest BCUT2D eigenvalue weighted by atomic mass is 16.5. The molecule has 2 bridgehead atoms. The molecule has 4 aliphatic rings. The van der Waals surface area contributed by atoms with Gasteiger partial charge in [0.1, 0.15) is 6.10 Å². The van der Waals surface area contributed by atoms with Gasteiger partial charge in [0.05, 0.1) is 11.1 Å². The van der Waals surface area contributed by atoms with Gasteiger partial charge in [0, 0.05) is 19.4 Å². The lowest BCUT2D eigenvalue weighted by molar-refractivity contribution is -0.150. The number of rotatable bonds is 2. The molecule has 1 saturated carbocycles. The summed E-state index contributed by atoms with van der Waals surface area (Å²) in [6, 6.07) is -0.163. The molecule has 1 saturated heterocycles. The molecule has 2 atom stereocenters. The van der Waals surface area contributed by atoms with Gasteiger partial charge >= 0.3 is 5.97 Å². The van der Waals surface area contributed by atoms with Gasteiger partial charge in [-0.05, 0) is 36.8 Å². The monoisotopic (exact) mass is 299 g/mol. The van der Waals surface area contributed by atoms with Crippen LogP contribution in [-0.2, 0) is 19.1 Å². The van der Waals surface area contributed by atoms with Crippen LogP contribution in [0.25, 0.3) is 0 Å². The van der Waals surface area contributed by atoms with Crippen molar-refractivity contribution in [1.29, 1.82) is 0 Å². The zero-order valence-electron chi connectivity index (χ0n) is 12.4. The normalized spacial score (nSPS) is 29.8. The molecule has 3 aliphatic carbocycles. The van der Waals surface area contributed by atoms with E-state index in [4.69, 9.17) is 4.74 Å². The molecule has 5 nitrogen and oxygen atoms in total. The summed E-state index contributed by atoms with van der Waals surface area (Å²) in [6.07, 6.45) is 7.39. The van der Waals surface area contributed by atoms with E-state index in [-0.39, 0.29) is 29.9 Å². The molecule has 0 N–H and O–H groups in total. The fourth-order valence-electron chi connectivity index (χ4n) is 4.04. The number of hydrogen-bond donors (Lipinski definition) is 0. The van der Waals surface area contributed by atoms with Crippen LogP contribution in [-0.4, -0.2) is 34.8 Å². The number of fused-ring (bicyclic) bond motifs is 3. The minimum absolute atomic E-state index is 0.163. The van der Waals surface area contributed by atoms with E-state index in [2.05, 4.69) is 0 Å². The Labute approximate surface area is 128 Å². The average Bonchev–Trinajstić information content (AvgIpc) is 3.12. The highest BCUT2D eigenvalue weighted by molar-refractivity contribution is 6.27. The standard InChI is InChI=1S/C17H17NO4/c1-9(19)22-13-4-2-3-12(8-13)18-16(20)14-10-5-6-11(7-10)15(14)17(18)21/h5-6,12-13H,2-4,7-8H2,1H3. The fourth-order valence-corrected chi connectivity index (χ4v) is 4.04. The largest absolute Gasteiger partial charge is 0.462 e. The fraction of sp³-hybridized carbons (Fsp3) is 0.471. The van der Waals surface area contributed by atoms with Crippen LogP contribution in [0.2, 0.25) is 0 Å². The first kappa shape index (κ1) is 13.5. The summed E-state index contributed by atoms with van der Waals surface area (Å²) in [6.45, 7) is 1.39. The molecule has 22 heavy (non-hydrogen) atoms. The van der Waals surface area contributed by atoms with Crippen molar-refractivity contribution in [3.8, 4) is 0 Å². The number of hydrogen-bond acceptors (Lipinski definition) is 4. The Kier molecular flexibility index (Phi) is 2.86. The van der Waals surface area contributed by atoms with E-state index in [1.807, 2.05) is 12.2 Å². The van der Waals surface area contributed by atoms with Crippen LogP contribution >= 0.6 is 0 Å². The Morgan fingerprint density at radius 2 is 1.77 bits per heavy atom. The first-order valence-electron chi connectivity index (χ1n) is 7.76. The third-order valence-electron chi connectivity index (χ3n) is 4.92. The summed E-state index contributed by atoms with van der Waals surface area (Å²) in [7, 11) is 0. The summed E-state index contributed by atoms with van der Waals surface area (Å²) >= 11 is 0. The number of nitrogens with zero attached hydrogens (tertiary/aromatic N) is 1. The second-order valence-corrected chi connectivity index (χ2v) is 6.34. The van der Waals surface area contributed by atoms with Crippen LogP contribution in [0.1, 0.15) is 39.0 Å². The van der Waals surface area contributed by atoms with Gasteiger partial charge in [-0.15, -0.1) is 0 Å². The van der Waals surface area contributed by atoms with Crippen molar-refractivity contribution in [3.63, 3.8) is 0 Å². The summed E-state index contributed by atoms with van der Waals surface area (Å²) < 4.78 is 5.28. The molecule has 114 valence electrons. The van der Waals surface area contributed by atoms with Crippen LogP contribution in [0.3, 0.4) is 0 Å². The second-order valence-electron chi connectivity index (χ2n) is 6.34. The third-order valence-corrected chi connectivity index (χ3v) is 4.92. The molecular formula is C17H17NO4. The van der Waals surface area contributed by atoms with Gasteiger partial charge in [-0.3, -0.25) is 19.3 Å². The number of carbonyl (C=O) groups excluding carboxylic acids is 3. The van der Waals surface area contributed by atoms with Crippen molar-refractivity contribution in [2.45, 2.75) is 51.2 Å². The van der Waals surface area contributed by atoms with Crippen LogP contribution in [0.4, 0.5) is 0 Å². The van der Waals surface area contributed by atoms with E-state index in [1.54, 1.807) is 0 Å². The van der Waals surface area contributed by atoms with Crippen LogP contribution in [0, 0.1) is 0 Å². The zero-order chi connectivity index (χ0) is 15.4. The lowest BCUT2D eigenvalue weighted by Gasteiger charge is -2.33. The van der Waals surface area contributed by atoms with E-state index in [0.717, 1.165) is 36.8 Å². The molecule has 2 amide bonds. The summed E-state index contributed by atoms with van der Waals surface area (Å²) in [4.78, 5) is 37.9. The molecule has 0 aromatic rings. The molecule has 0 radical (unpaired) electrons. The van der Waals surface area contributed by atoms with Crippen LogP contribution in [0.5, 0.6) is 0 Å². The van der Waals surface area contributed by atoms with E-state index >= 15 is 0 Å². The first-order chi connectivity index (χ1) is 10.6. The van der Waals surface area contributed by atoms with Gasteiger partial charge in [0.2, 0.25) is 0 Å². The summed E-state index contributed by atoms with van der Waals surface area (Å²) in [5.41, 5.74) is 3.16. The molecular weight excluding hydrogens is 282 g/mol. The minimum Gasteiger partial charge on any atom is -0.462 e. The van der Waals surface area contributed by atoms with Gasteiger partial charge in [0.15, 0.2) is 0 Å². The summed E-state index contributed by atoms with van der Waals surface area (Å²) in [5.74, 6) is -0.635. The topological polar surface area (TPSA) is 63.7 Å². The molecule has 2 fully saturated rings. The molecule has 4 rings (SSSR count).